The summed E-state index contributed by atoms with van der Waals surface area (Å²) in [6, 6.07) is 0. The highest BCUT2D eigenvalue weighted by atomic mass is 16.4. The van der Waals surface area contributed by atoms with Crippen molar-refractivity contribution in [1.82, 2.24) is 0 Å². The van der Waals surface area contributed by atoms with E-state index in [1.165, 1.54) is 6.92 Å². The Balaban J connectivity index is 0. The molecule has 2 atom stereocenters. The van der Waals surface area contributed by atoms with Crippen molar-refractivity contribution in [2.45, 2.75) is 39.5 Å². The molecule has 0 aromatic rings. The van der Waals surface area contributed by atoms with E-state index < -0.39 is 35.7 Å². The molecule has 0 aromatic carbocycles. The summed E-state index contributed by atoms with van der Waals surface area (Å²) >= 11 is 0. The smallest absolute Gasteiger partial charge is 0.306 e. The van der Waals surface area contributed by atoms with Crippen LogP contribution in [-0.4, -0.2) is 44.3 Å². The Morgan fingerprint density at radius 1 is 0.800 bits per heavy atom. The summed E-state index contributed by atoms with van der Waals surface area (Å²) in [7, 11) is 0. The van der Waals surface area contributed by atoms with Crippen molar-refractivity contribution in [2.75, 3.05) is 0 Å². The Morgan fingerprint density at radius 2 is 1.25 bits per heavy atom. The Bertz CT molecular complexity index is 349. The molecule has 0 aromatic heterocycles. The molecule has 0 fully saturated rings. The van der Waals surface area contributed by atoms with E-state index in [-0.39, 0.29) is 12.8 Å². The first-order valence-corrected chi connectivity index (χ1v) is 5.97. The van der Waals surface area contributed by atoms with Crippen molar-refractivity contribution in [3.8, 4) is 0 Å². The summed E-state index contributed by atoms with van der Waals surface area (Å²) in [6.45, 7) is 2.93. The van der Waals surface area contributed by atoms with E-state index in [4.69, 9.17) is 20.4 Å². The molecule has 0 saturated carbocycles. The predicted octanol–water partition coefficient (Wildman–Crippen LogP) is 1.14. The van der Waals surface area contributed by atoms with Crippen LogP contribution in [0.15, 0.2) is 0 Å². The normalized spacial score (nSPS) is 12.5. The van der Waals surface area contributed by atoms with Crippen LogP contribution in [0.3, 0.4) is 0 Å². The monoisotopic (exact) mass is 292 g/mol. The molecule has 4 N–H and O–H groups in total. The first-order valence-electron chi connectivity index (χ1n) is 5.97. The quantitative estimate of drug-likeness (QED) is 0.520. The molecule has 0 aliphatic heterocycles. The summed E-state index contributed by atoms with van der Waals surface area (Å²) in [5, 5.41) is 32.9. The summed E-state index contributed by atoms with van der Waals surface area (Å²) in [5.74, 6) is -5.11. The minimum Gasteiger partial charge on any atom is -0.481 e. The van der Waals surface area contributed by atoms with Crippen molar-refractivity contribution in [3.05, 3.63) is 0 Å². The zero-order valence-corrected chi connectivity index (χ0v) is 11.4. The molecule has 116 valence electrons. The van der Waals surface area contributed by atoms with Crippen LogP contribution in [0.2, 0.25) is 0 Å². The van der Waals surface area contributed by atoms with Crippen LogP contribution in [0.5, 0.6) is 0 Å². The number of carbonyl (C=O) groups is 4. The van der Waals surface area contributed by atoms with Crippen molar-refractivity contribution < 1.29 is 39.6 Å². The molecule has 0 radical (unpaired) electrons. The average molecular weight is 292 g/mol. The Labute approximate surface area is 116 Å². The number of rotatable bonds is 8. The van der Waals surface area contributed by atoms with Crippen LogP contribution < -0.4 is 0 Å². The van der Waals surface area contributed by atoms with Gasteiger partial charge in [-0.05, 0) is 12.8 Å². The molecule has 0 heterocycles. The van der Waals surface area contributed by atoms with Gasteiger partial charge in [0.05, 0.1) is 18.3 Å². The van der Waals surface area contributed by atoms with Crippen molar-refractivity contribution >= 4 is 23.9 Å². The van der Waals surface area contributed by atoms with Gasteiger partial charge >= 0.3 is 23.9 Å². The lowest BCUT2D eigenvalue weighted by atomic mass is 10.1. The summed E-state index contributed by atoms with van der Waals surface area (Å²) in [5.41, 5.74) is 0. The predicted molar refractivity (Wildman–Crippen MR) is 67.3 cm³/mol. The molecule has 0 amide bonds. The van der Waals surface area contributed by atoms with E-state index >= 15 is 0 Å². The van der Waals surface area contributed by atoms with Gasteiger partial charge in [0.1, 0.15) is 0 Å². The number of carboxylic acids is 4. The van der Waals surface area contributed by atoms with Crippen LogP contribution in [0, 0.1) is 11.8 Å². The van der Waals surface area contributed by atoms with Crippen molar-refractivity contribution in [2.24, 2.45) is 11.8 Å². The van der Waals surface area contributed by atoms with E-state index in [0.29, 0.717) is 12.8 Å². The second kappa shape index (κ2) is 10.8. The van der Waals surface area contributed by atoms with Crippen LogP contribution in [0.1, 0.15) is 39.5 Å². The molecule has 2 unspecified atom stereocenters. The van der Waals surface area contributed by atoms with Gasteiger partial charge in [0, 0.05) is 6.42 Å². The van der Waals surface area contributed by atoms with E-state index in [2.05, 4.69) is 0 Å². The molecule has 0 bridgehead atoms. The first kappa shape index (κ1) is 20.2. The second-order valence-corrected chi connectivity index (χ2v) is 4.36. The largest absolute Gasteiger partial charge is 0.481 e. The van der Waals surface area contributed by atoms with Crippen LogP contribution in [-0.2, 0) is 19.2 Å². The zero-order valence-electron chi connectivity index (χ0n) is 11.4. The van der Waals surface area contributed by atoms with E-state index in [0.717, 1.165) is 0 Å². The molecule has 0 spiro atoms. The molecule has 0 aliphatic carbocycles. The minimum absolute atomic E-state index is 0.0532. The zero-order chi connectivity index (χ0) is 16.3. The van der Waals surface area contributed by atoms with Crippen molar-refractivity contribution in [3.63, 3.8) is 0 Å². The van der Waals surface area contributed by atoms with Gasteiger partial charge in [0.2, 0.25) is 0 Å². The fraction of sp³-hybridized carbons (Fsp3) is 0.667. The third-order valence-corrected chi connectivity index (χ3v) is 2.35. The van der Waals surface area contributed by atoms with E-state index in [1.807, 2.05) is 0 Å². The molecule has 8 nitrogen and oxygen atoms in total. The standard InChI is InChI=1S/C7H12O4.C5H8O4/c1-5(7(10)11)3-2-4-6(8)9;1-3(5(8)9)2-4(6)7/h5H,2-4H2,1H3,(H,8,9)(H,10,11);3H,2H2,1H3,(H,6,7)(H,8,9). The second-order valence-electron chi connectivity index (χ2n) is 4.36. The fourth-order valence-electron chi connectivity index (χ4n) is 1.03. The van der Waals surface area contributed by atoms with Crippen molar-refractivity contribution in [1.29, 1.82) is 0 Å². The Hall–Kier alpha value is -2.12. The maximum atomic E-state index is 10.2. The SMILES string of the molecule is CC(CC(=O)O)C(=O)O.CC(CCCC(=O)O)C(=O)O. The van der Waals surface area contributed by atoms with Gasteiger partial charge in [-0.2, -0.15) is 0 Å². The third kappa shape index (κ3) is 13.9. The van der Waals surface area contributed by atoms with Gasteiger partial charge < -0.3 is 20.4 Å². The maximum absolute atomic E-state index is 10.2. The lowest BCUT2D eigenvalue weighted by Crippen LogP contribution is -2.13. The molecule has 0 rings (SSSR count). The highest BCUT2D eigenvalue weighted by molar-refractivity contribution is 5.77. The van der Waals surface area contributed by atoms with Gasteiger partial charge in [-0.15, -0.1) is 0 Å². The number of hydrogen-bond donors (Lipinski definition) is 4. The van der Waals surface area contributed by atoms with Crippen LogP contribution >= 0.6 is 0 Å². The molecular formula is C12H20O8. The molecule has 0 saturated heterocycles. The molecule has 20 heavy (non-hydrogen) atoms. The summed E-state index contributed by atoms with van der Waals surface area (Å²) in [4.78, 5) is 40.1. The lowest BCUT2D eigenvalue weighted by molar-refractivity contribution is -0.147. The summed E-state index contributed by atoms with van der Waals surface area (Å²) in [6.07, 6.45) is 0.609. The maximum Gasteiger partial charge on any atom is 0.306 e. The Morgan fingerprint density at radius 3 is 1.50 bits per heavy atom. The van der Waals surface area contributed by atoms with Gasteiger partial charge in [-0.1, -0.05) is 13.8 Å². The summed E-state index contributed by atoms with van der Waals surface area (Å²) < 4.78 is 0. The lowest BCUT2D eigenvalue weighted by Gasteiger charge is -2.02. The number of carboxylic acid groups (broad SMARTS) is 4. The van der Waals surface area contributed by atoms with Gasteiger partial charge in [0.15, 0.2) is 0 Å². The van der Waals surface area contributed by atoms with Gasteiger partial charge in [-0.3, -0.25) is 19.2 Å². The first-order chi connectivity index (χ1) is 9.07. The van der Waals surface area contributed by atoms with Gasteiger partial charge in [-0.25, -0.2) is 0 Å². The van der Waals surface area contributed by atoms with Gasteiger partial charge in [0.25, 0.3) is 0 Å². The third-order valence-electron chi connectivity index (χ3n) is 2.35. The number of hydrogen-bond acceptors (Lipinski definition) is 4. The highest BCUT2D eigenvalue weighted by Crippen LogP contribution is 2.07. The van der Waals surface area contributed by atoms with E-state index in [1.54, 1.807) is 6.92 Å². The van der Waals surface area contributed by atoms with E-state index in [9.17, 15) is 19.2 Å². The number of aliphatic carboxylic acids is 4. The molecule has 8 heteroatoms. The Kier molecular flexibility index (Phi) is 10.9. The highest BCUT2D eigenvalue weighted by Gasteiger charge is 2.14. The average Bonchev–Trinajstić information content (AvgIpc) is 2.27. The van der Waals surface area contributed by atoms with Crippen LogP contribution in [0.25, 0.3) is 0 Å². The molecular weight excluding hydrogens is 272 g/mol. The topological polar surface area (TPSA) is 149 Å². The molecule has 0 aliphatic rings. The van der Waals surface area contributed by atoms with Crippen LogP contribution in [0.4, 0.5) is 0 Å². The minimum atomic E-state index is -1.08. The fourth-order valence-corrected chi connectivity index (χ4v) is 1.03.